The molecule has 0 radical (unpaired) electrons. The van der Waals surface area contributed by atoms with Crippen LogP contribution in [0.15, 0.2) is 30.5 Å². The third-order valence-corrected chi connectivity index (χ3v) is 4.91. The average molecular weight is 344 g/mol. The predicted molar refractivity (Wildman–Crippen MR) is 94.5 cm³/mol. The fourth-order valence-corrected chi connectivity index (χ4v) is 3.20. The number of aromatic nitrogens is 2. The summed E-state index contributed by atoms with van der Waals surface area (Å²) in [6.45, 7) is 6.02. The molecule has 1 aliphatic heterocycles. The molecule has 0 N–H and O–H groups in total. The SMILES string of the molecule is Cn1c(Cl)cnc1CN1CCCN(Cc2ccc(C#N)cc2)CC1. The molecule has 0 amide bonds. The van der Waals surface area contributed by atoms with E-state index in [1.807, 2.05) is 23.7 Å². The molecule has 1 fully saturated rings. The molecule has 0 bridgehead atoms. The lowest BCUT2D eigenvalue weighted by atomic mass is 10.1. The summed E-state index contributed by atoms with van der Waals surface area (Å²) in [6, 6.07) is 10.1. The van der Waals surface area contributed by atoms with Gasteiger partial charge < -0.3 is 4.57 Å². The zero-order valence-corrected chi connectivity index (χ0v) is 14.7. The molecule has 2 heterocycles. The minimum absolute atomic E-state index is 0.683. The van der Waals surface area contributed by atoms with Crippen LogP contribution in [-0.4, -0.2) is 45.5 Å². The molecule has 0 unspecified atom stereocenters. The number of hydrogen-bond acceptors (Lipinski definition) is 4. The Morgan fingerprint density at radius 2 is 1.75 bits per heavy atom. The average Bonchev–Trinajstić information content (AvgIpc) is 2.78. The van der Waals surface area contributed by atoms with Gasteiger partial charge in [-0.15, -0.1) is 0 Å². The van der Waals surface area contributed by atoms with E-state index in [0.717, 1.165) is 57.1 Å². The Hall–Kier alpha value is -1.87. The Kier molecular flexibility index (Phi) is 5.52. The van der Waals surface area contributed by atoms with E-state index in [0.29, 0.717) is 5.15 Å². The number of halogens is 1. The summed E-state index contributed by atoms with van der Waals surface area (Å²) in [4.78, 5) is 9.31. The van der Waals surface area contributed by atoms with Crippen LogP contribution in [0, 0.1) is 11.3 Å². The monoisotopic (exact) mass is 343 g/mol. The van der Waals surface area contributed by atoms with Crippen LogP contribution < -0.4 is 0 Å². The molecule has 2 aromatic rings. The van der Waals surface area contributed by atoms with E-state index in [9.17, 15) is 0 Å². The fraction of sp³-hybridized carbons (Fsp3) is 0.444. The molecule has 0 spiro atoms. The smallest absolute Gasteiger partial charge is 0.128 e. The summed E-state index contributed by atoms with van der Waals surface area (Å²) in [5.74, 6) is 1.01. The third-order valence-electron chi connectivity index (χ3n) is 4.56. The first kappa shape index (κ1) is 17.0. The van der Waals surface area contributed by atoms with Crippen LogP contribution in [-0.2, 0) is 20.1 Å². The van der Waals surface area contributed by atoms with E-state index in [4.69, 9.17) is 16.9 Å². The Morgan fingerprint density at radius 1 is 1.08 bits per heavy atom. The highest BCUT2D eigenvalue weighted by Crippen LogP contribution is 2.14. The Labute approximate surface area is 148 Å². The second kappa shape index (κ2) is 7.80. The van der Waals surface area contributed by atoms with Crippen molar-refractivity contribution >= 4 is 11.6 Å². The largest absolute Gasteiger partial charge is 0.321 e. The van der Waals surface area contributed by atoms with E-state index < -0.39 is 0 Å². The van der Waals surface area contributed by atoms with Gasteiger partial charge in [0.2, 0.25) is 0 Å². The molecular weight excluding hydrogens is 322 g/mol. The Morgan fingerprint density at radius 3 is 2.33 bits per heavy atom. The maximum Gasteiger partial charge on any atom is 0.128 e. The van der Waals surface area contributed by atoms with Gasteiger partial charge in [0.1, 0.15) is 11.0 Å². The first-order valence-corrected chi connectivity index (χ1v) is 8.63. The molecule has 126 valence electrons. The lowest BCUT2D eigenvalue weighted by Crippen LogP contribution is -2.31. The zero-order chi connectivity index (χ0) is 16.9. The van der Waals surface area contributed by atoms with Gasteiger partial charge in [-0.3, -0.25) is 9.80 Å². The first-order valence-electron chi connectivity index (χ1n) is 8.25. The maximum absolute atomic E-state index is 8.88. The number of hydrogen-bond donors (Lipinski definition) is 0. The van der Waals surface area contributed by atoms with Gasteiger partial charge >= 0.3 is 0 Å². The lowest BCUT2D eigenvalue weighted by molar-refractivity contribution is 0.242. The summed E-state index contributed by atoms with van der Waals surface area (Å²) >= 11 is 6.07. The van der Waals surface area contributed by atoms with Crippen LogP contribution in [0.5, 0.6) is 0 Å². The third kappa shape index (κ3) is 4.15. The molecule has 1 aromatic carbocycles. The van der Waals surface area contributed by atoms with Crippen LogP contribution in [0.25, 0.3) is 0 Å². The number of rotatable bonds is 4. The minimum Gasteiger partial charge on any atom is -0.321 e. The van der Waals surface area contributed by atoms with Crippen molar-refractivity contribution in [2.24, 2.45) is 7.05 Å². The van der Waals surface area contributed by atoms with Crippen LogP contribution in [0.4, 0.5) is 0 Å². The van der Waals surface area contributed by atoms with Gasteiger partial charge in [-0.2, -0.15) is 5.26 Å². The summed E-state index contributed by atoms with van der Waals surface area (Å²) in [5.41, 5.74) is 1.98. The number of imidazole rings is 1. The lowest BCUT2D eigenvalue weighted by Gasteiger charge is -2.21. The quantitative estimate of drug-likeness (QED) is 0.856. The molecule has 0 atom stereocenters. The van der Waals surface area contributed by atoms with Crippen molar-refractivity contribution in [1.29, 1.82) is 5.26 Å². The molecule has 1 aromatic heterocycles. The van der Waals surface area contributed by atoms with E-state index >= 15 is 0 Å². The molecule has 5 nitrogen and oxygen atoms in total. The Balaban J connectivity index is 1.54. The normalized spacial score (nSPS) is 16.7. The summed E-state index contributed by atoms with van der Waals surface area (Å²) in [6.07, 6.45) is 2.86. The van der Waals surface area contributed by atoms with E-state index in [2.05, 4.69) is 33.0 Å². The van der Waals surface area contributed by atoms with Gasteiger partial charge in [-0.1, -0.05) is 23.7 Å². The molecule has 1 saturated heterocycles. The van der Waals surface area contributed by atoms with Crippen molar-refractivity contribution in [3.05, 3.63) is 52.6 Å². The maximum atomic E-state index is 8.88. The van der Waals surface area contributed by atoms with Gasteiger partial charge in [-0.05, 0) is 37.2 Å². The number of nitriles is 1. The minimum atomic E-state index is 0.683. The highest BCUT2D eigenvalue weighted by molar-refractivity contribution is 6.29. The van der Waals surface area contributed by atoms with Crippen molar-refractivity contribution < 1.29 is 0 Å². The second-order valence-electron chi connectivity index (χ2n) is 6.27. The van der Waals surface area contributed by atoms with Crippen molar-refractivity contribution in [2.45, 2.75) is 19.5 Å². The first-order chi connectivity index (χ1) is 11.7. The topological polar surface area (TPSA) is 48.1 Å². The highest BCUT2D eigenvalue weighted by Gasteiger charge is 2.17. The van der Waals surface area contributed by atoms with Crippen LogP contribution in [0.1, 0.15) is 23.4 Å². The molecule has 6 heteroatoms. The van der Waals surface area contributed by atoms with Gasteiger partial charge in [0.05, 0.1) is 24.4 Å². The fourth-order valence-electron chi connectivity index (χ4n) is 3.05. The van der Waals surface area contributed by atoms with E-state index in [1.54, 1.807) is 6.20 Å². The second-order valence-corrected chi connectivity index (χ2v) is 6.66. The summed E-state index contributed by atoms with van der Waals surface area (Å²) < 4.78 is 1.95. The molecule has 0 aliphatic carbocycles. The molecule has 0 saturated carbocycles. The van der Waals surface area contributed by atoms with Crippen LogP contribution >= 0.6 is 11.6 Å². The molecular formula is C18H22ClN5. The van der Waals surface area contributed by atoms with Crippen molar-refractivity contribution in [2.75, 3.05) is 26.2 Å². The number of benzene rings is 1. The van der Waals surface area contributed by atoms with E-state index in [-0.39, 0.29) is 0 Å². The molecule has 24 heavy (non-hydrogen) atoms. The van der Waals surface area contributed by atoms with Crippen molar-refractivity contribution in [1.82, 2.24) is 19.4 Å². The predicted octanol–water partition coefficient (Wildman–Crippen LogP) is 2.65. The highest BCUT2D eigenvalue weighted by atomic mass is 35.5. The van der Waals surface area contributed by atoms with Gasteiger partial charge in [-0.25, -0.2) is 4.98 Å². The molecule has 1 aliphatic rings. The van der Waals surface area contributed by atoms with Crippen LogP contribution in [0.3, 0.4) is 0 Å². The molecule has 3 rings (SSSR count). The standard InChI is InChI=1S/C18H22ClN5/c1-22-17(19)12-21-18(22)14-24-8-2-7-23(9-10-24)13-16-5-3-15(11-20)4-6-16/h3-6,12H,2,7-10,13-14H2,1H3. The van der Waals surface area contributed by atoms with Gasteiger partial charge in [0, 0.05) is 26.7 Å². The van der Waals surface area contributed by atoms with Gasteiger partial charge in [0.25, 0.3) is 0 Å². The van der Waals surface area contributed by atoms with Crippen LogP contribution in [0.2, 0.25) is 5.15 Å². The van der Waals surface area contributed by atoms with E-state index in [1.165, 1.54) is 5.56 Å². The zero-order valence-electron chi connectivity index (χ0n) is 14.0. The number of nitrogens with zero attached hydrogens (tertiary/aromatic N) is 5. The Bertz CT molecular complexity index is 716. The van der Waals surface area contributed by atoms with Crippen molar-refractivity contribution in [3.63, 3.8) is 0 Å². The summed E-state index contributed by atoms with van der Waals surface area (Å²) in [7, 11) is 1.96. The van der Waals surface area contributed by atoms with Crippen molar-refractivity contribution in [3.8, 4) is 6.07 Å². The summed E-state index contributed by atoms with van der Waals surface area (Å²) in [5, 5.41) is 9.56. The van der Waals surface area contributed by atoms with Gasteiger partial charge in [0.15, 0.2) is 0 Å².